The van der Waals surface area contributed by atoms with Gasteiger partial charge >= 0.3 is 18.0 Å². The van der Waals surface area contributed by atoms with E-state index in [1.165, 1.54) is 16.9 Å². The van der Waals surface area contributed by atoms with Gasteiger partial charge in [-0.3, -0.25) is 4.79 Å². The smallest absolute Gasteiger partial charge is 0.328 e. The molecule has 0 aromatic heterocycles. The van der Waals surface area contributed by atoms with Crippen molar-refractivity contribution in [3.05, 3.63) is 0 Å². The minimum atomic E-state index is -0.947. The molecule has 1 unspecified atom stereocenters. The van der Waals surface area contributed by atoms with Crippen molar-refractivity contribution < 1.29 is 24.2 Å². The molecule has 1 aliphatic heterocycles. The number of amides is 2. The highest BCUT2D eigenvalue weighted by Gasteiger charge is 2.36. The van der Waals surface area contributed by atoms with Gasteiger partial charge in [-0.2, -0.15) is 0 Å². The molecule has 0 spiro atoms. The fourth-order valence-corrected chi connectivity index (χ4v) is 2.18. The monoisotopic (exact) mass is 272 g/mol. The average molecular weight is 272 g/mol. The highest BCUT2D eigenvalue weighted by atomic mass is 16.5. The van der Waals surface area contributed by atoms with Crippen LogP contribution in [-0.4, -0.2) is 65.7 Å². The molecule has 1 saturated heterocycles. The number of likely N-dealkylation sites (tertiary alicyclic amines) is 1. The lowest BCUT2D eigenvalue weighted by molar-refractivity contribution is -0.145. The largest absolute Gasteiger partial charge is 0.481 e. The number of urea groups is 1. The Kier molecular flexibility index (Phi) is 5.59. The molecule has 0 aromatic carbocycles. The van der Waals surface area contributed by atoms with E-state index in [2.05, 4.69) is 4.74 Å². The van der Waals surface area contributed by atoms with E-state index in [-0.39, 0.29) is 19.0 Å². The summed E-state index contributed by atoms with van der Waals surface area (Å²) in [5, 5.41) is 8.66. The SMILES string of the molecule is CCN(CCC(=O)O)C(=O)N1CCCC1C(=O)OC. The van der Waals surface area contributed by atoms with Crippen molar-refractivity contribution in [3.8, 4) is 0 Å². The summed E-state index contributed by atoms with van der Waals surface area (Å²) in [5.74, 6) is -1.36. The molecule has 0 saturated carbocycles. The molecule has 1 rings (SSSR count). The van der Waals surface area contributed by atoms with E-state index in [1.54, 1.807) is 6.92 Å². The molecule has 0 radical (unpaired) electrons. The number of carboxylic acids is 1. The molecule has 0 bridgehead atoms. The van der Waals surface area contributed by atoms with Crippen molar-refractivity contribution in [2.45, 2.75) is 32.2 Å². The third-order valence-electron chi connectivity index (χ3n) is 3.22. The first kappa shape index (κ1) is 15.3. The van der Waals surface area contributed by atoms with Crippen LogP contribution in [0.15, 0.2) is 0 Å². The number of carboxylic acid groups (broad SMARTS) is 1. The van der Waals surface area contributed by atoms with E-state index in [1.807, 2.05) is 0 Å². The van der Waals surface area contributed by atoms with Crippen molar-refractivity contribution in [3.63, 3.8) is 0 Å². The quantitative estimate of drug-likeness (QED) is 0.738. The van der Waals surface area contributed by atoms with Crippen molar-refractivity contribution >= 4 is 18.0 Å². The summed E-state index contributed by atoms with van der Waals surface area (Å²) in [6.45, 7) is 2.84. The van der Waals surface area contributed by atoms with Gasteiger partial charge in [0.05, 0.1) is 13.5 Å². The molecule has 0 aromatic rings. The van der Waals surface area contributed by atoms with Crippen LogP contribution in [0.25, 0.3) is 0 Å². The standard InChI is InChI=1S/C12H20N2O5/c1-3-13(8-6-10(15)16)12(18)14-7-4-5-9(14)11(17)19-2/h9H,3-8H2,1-2H3,(H,15,16). The van der Waals surface area contributed by atoms with Crippen molar-refractivity contribution in [1.82, 2.24) is 9.80 Å². The minimum absolute atomic E-state index is 0.101. The molecular weight excluding hydrogens is 252 g/mol. The maximum absolute atomic E-state index is 12.3. The Morgan fingerprint density at radius 3 is 2.63 bits per heavy atom. The van der Waals surface area contributed by atoms with Crippen molar-refractivity contribution in [2.24, 2.45) is 0 Å². The number of rotatable bonds is 5. The predicted octanol–water partition coefficient (Wildman–Crippen LogP) is 0.540. The third-order valence-corrected chi connectivity index (χ3v) is 3.22. The number of esters is 1. The van der Waals surface area contributed by atoms with Gasteiger partial charge in [-0.1, -0.05) is 0 Å². The zero-order valence-corrected chi connectivity index (χ0v) is 11.3. The van der Waals surface area contributed by atoms with Gasteiger partial charge in [-0.15, -0.1) is 0 Å². The van der Waals surface area contributed by atoms with E-state index in [0.717, 1.165) is 6.42 Å². The van der Waals surface area contributed by atoms with Crippen LogP contribution in [0.3, 0.4) is 0 Å². The Hall–Kier alpha value is -1.79. The summed E-state index contributed by atoms with van der Waals surface area (Å²) in [7, 11) is 1.30. The Morgan fingerprint density at radius 2 is 2.11 bits per heavy atom. The minimum Gasteiger partial charge on any atom is -0.481 e. The number of hydrogen-bond donors (Lipinski definition) is 1. The number of carbonyl (C=O) groups is 3. The van der Waals surface area contributed by atoms with E-state index in [4.69, 9.17) is 5.11 Å². The molecule has 1 N–H and O–H groups in total. The number of ether oxygens (including phenoxy) is 1. The van der Waals surface area contributed by atoms with Gasteiger partial charge in [-0.05, 0) is 19.8 Å². The van der Waals surface area contributed by atoms with Gasteiger partial charge in [0.25, 0.3) is 0 Å². The predicted molar refractivity (Wildman–Crippen MR) is 66.6 cm³/mol. The highest BCUT2D eigenvalue weighted by molar-refractivity contribution is 5.84. The second-order valence-electron chi connectivity index (χ2n) is 4.38. The summed E-state index contributed by atoms with van der Waals surface area (Å²) >= 11 is 0. The number of carbonyl (C=O) groups excluding carboxylic acids is 2. The van der Waals surface area contributed by atoms with Gasteiger partial charge in [0, 0.05) is 19.6 Å². The normalized spacial score (nSPS) is 18.2. The number of aliphatic carboxylic acids is 1. The second-order valence-corrected chi connectivity index (χ2v) is 4.38. The maximum atomic E-state index is 12.3. The number of nitrogens with zero attached hydrogens (tertiary/aromatic N) is 2. The third kappa shape index (κ3) is 3.84. The van der Waals surface area contributed by atoms with Gasteiger partial charge in [0.15, 0.2) is 0 Å². The van der Waals surface area contributed by atoms with Crippen LogP contribution in [0.4, 0.5) is 4.79 Å². The van der Waals surface area contributed by atoms with Crippen LogP contribution < -0.4 is 0 Å². The molecule has 2 amide bonds. The summed E-state index contributed by atoms with van der Waals surface area (Å²) in [6, 6.07) is -0.840. The van der Waals surface area contributed by atoms with Crippen molar-refractivity contribution in [1.29, 1.82) is 0 Å². The first-order valence-electron chi connectivity index (χ1n) is 6.36. The average Bonchev–Trinajstić information content (AvgIpc) is 2.87. The summed E-state index contributed by atoms with van der Waals surface area (Å²) < 4.78 is 4.68. The highest BCUT2D eigenvalue weighted by Crippen LogP contribution is 2.20. The molecule has 108 valence electrons. The molecule has 1 fully saturated rings. The van der Waals surface area contributed by atoms with Crippen LogP contribution in [0, 0.1) is 0 Å². The van der Waals surface area contributed by atoms with E-state index in [9.17, 15) is 14.4 Å². The topological polar surface area (TPSA) is 87.2 Å². The summed E-state index contributed by atoms with van der Waals surface area (Å²) in [6.07, 6.45) is 1.24. The van der Waals surface area contributed by atoms with Crippen LogP contribution in [0.5, 0.6) is 0 Å². The molecule has 7 heteroatoms. The molecule has 0 aliphatic carbocycles. The van der Waals surface area contributed by atoms with Crippen LogP contribution in [0.1, 0.15) is 26.2 Å². The van der Waals surface area contributed by atoms with Crippen LogP contribution >= 0.6 is 0 Å². The molecule has 1 aliphatic rings. The van der Waals surface area contributed by atoms with E-state index >= 15 is 0 Å². The fourth-order valence-electron chi connectivity index (χ4n) is 2.18. The van der Waals surface area contributed by atoms with Crippen LogP contribution in [-0.2, 0) is 14.3 Å². The zero-order chi connectivity index (χ0) is 14.4. The lowest BCUT2D eigenvalue weighted by atomic mass is 10.2. The van der Waals surface area contributed by atoms with E-state index < -0.39 is 18.0 Å². The van der Waals surface area contributed by atoms with Crippen LogP contribution in [0.2, 0.25) is 0 Å². The lowest BCUT2D eigenvalue weighted by Crippen LogP contribution is -2.48. The molecule has 19 heavy (non-hydrogen) atoms. The fraction of sp³-hybridized carbons (Fsp3) is 0.750. The Balaban J connectivity index is 2.67. The summed E-state index contributed by atoms with van der Waals surface area (Å²) in [4.78, 5) is 37.3. The maximum Gasteiger partial charge on any atom is 0.328 e. The molecule has 7 nitrogen and oxygen atoms in total. The number of methoxy groups -OCH3 is 1. The van der Waals surface area contributed by atoms with Crippen molar-refractivity contribution in [2.75, 3.05) is 26.7 Å². The first-order chi connectivity index (χ1) is 9.01. The molecule has 1 heterocycles. The number of hydrogen-bond acceptors (Lipinski definition) is 4. The first-order valence-corrected chi connectivity index (χ1v) is 6.36. The lowest BCUT2D eigenvalue weighted by Gasteiger charge is -2.29. The molecule has 1 atom stereocenters. The zero-order valence-electron chi connectivity index (χ0n) is 11.3. The van der Waals surface area contributed by atoms with E-state index in [0.29, 0.717) is 19.5 Å². The Bertz CT molecular complexity index is 358. The van der Waals surface area contributed by atoms with Gasteiger partial charge in [-0.25, -0.2) is 9.59 Å². The molecular formula is C12H20N2O5. The second kappa shape index (κ2) is 6.96. The van der Waals surface area contributed by atoms with Gasteiger partial charge in [0.1, 0.15) is 6.04 Å². The van der Waals surface area contributed by atoms with Gasteiger partial charge in [0.2, 0.25) is 0 Å². The summed E-state index contributed by atoms with van der Waals surface area (Å²) in [5.41, 5.74) is 0. The Morgan fingerprint density at radius 1 is 1.42 bits per heavy atom. The van der Waals surface area contributed by atoms with Gasteiger partial charge < -0.3 is 19.6 Å². The Labute approximate surface area is 112 Å².